The largest absolute Gasteiger partial charge is 0.354 e. The van der Waals surface area contributed by atoms with Gasteiger partial charge in [0.15, 0.2) is 5.78 Å². The van der Waals surface area contributed by atoms with Crippen molar-refractivity contribution in [3.05, 3.63) is 166 Å². The molecule has 4 aromatic heterocycles. The van der Waals surface area contributed by atoms with Crippen molar-refractivity contribution in [2.75, 3.05) is 0 Å². The van der Waals surface area contributed by atoms with E-state index in [4.69, 9.17) is 4.98 Å². The summed E-state index contributed by atoms with van der Waals surface area (Å²) >= 11 is 0. The van der Waals surface area contributed by atoms with Crippen LogP contribution in [0, 0.1) is 27.7 Å². The molecule has 2 aliphatic rings. The van der Waals surface area contributed by atoms with Crippen molar-refractivity contribution in [1.29, 1.82) is 0 Å². The van der Waals surface area contributed by atoms with Gasteiger partial charge in [0.2, 0.25) is 0 Å². The van der Waals surface area contributed by atoms with Crippen LogP contribution in [0.4, 0.5) is 0 Å². The Kier molecular flexibility index (Phi) is 8.67. The molecule has 4 aromatic carbocycles. The van der Waals surface area contributed by atoms with Crippen molar-refractivity contribution >= 4 is 56.5 Å². The van der Waals surface area contributed by atoms with Crippen LogP contribution in [0.3, 0.4) is 0 Å². The van der Waals surface area contributed by atoms with Gasteiger partial charge in [0.25, 0.3) is 0 Å². The van der Waals surface area contributed by atoms with Gasteiger partial charge >= 0.3 is 0 Å². The third-order valence-electron chi connectivity index (χ3n) is 11.8. The van der Waals surface area contributed by atoms with E-state index in [2.05, 4.69) is 182 Å². The lowest BCUT2D eigenvalue weighted by atomic mass is 9.99. The van der Waals surface area contributed by atoms with Crippen molar-refractivity contribution in [2.24, 2.45) is 0 Å². The number of aryl methyl sites for hydroxylation is 4. The lowest BCUT2D eigenvalue weighted by molar-refractivity contribution is -0.113. The van der Waals surface area contributed by atoms with E-state index < -0.39 is 0 Å². The van der Waals surface area contributed by atoms with E-state index in [1.807, 2.05) is 0 Å². The minimum Gasteiger partial charge on any atom is -0.354 e. The Morgan fingerprint density at radius 1 is 0.431 bits per heavy atom. The van der Waals surface area contributed by atoms with Gasteiger partial charge in [-0.1, -0.05) is 119 Å². The van der Waals surface area contributed by atoms with E-state index in [9.17, 15) is 4.79 Å². The SMILES string of the molecule is Cc1ccc(-c2c3nc(c(-c4ccc(C)cc4)c4ccc([nH]4)c(-c4ccc(C)cc4)c4cc([nH]/c4=C4/CCCC4=O)c(-c4ccc(C)cc4)c4ccc2[nH]4)C=C3)cc1. The number of fused-ring (bicyclic) bond motifs is 8. The van der Waals surface area contributed by atoms with E-state index in [1.54, 1.807) is 0 Å². The third kappa shape index (κ3) is 6.29. The Morgan fingerprint density at radius 2 is 0.828 bits per heavy atom. The number of hydrogen-bond donors (Lipinski definition) is 3. The summed E-state index contributed by atoms with van der Waals surface area (Å²) in [6, 6.07) is 45.8. The Labute approximate surface area is 337 Å². The number of carbonyl (C=O) groups excluding carboxylic acids is 1. The number of rotatable bonds is 4. The minimum atomic E-state index is 0.209. The molecule has 5 heterocycles. The predicted molar refractivity (Wildman–Crippen MR) is 242 cm³/mol. The zero-order valence-electron chi connectivity index (χ0n) is 33.3. The van der Waals surface area contributed by atoms with E-state index >= 15 is 0 Å². The molecule has 3 N–H and O–H groups in total. The lowest BCUT2D eigenvalue weighted by Crippen LogP contribution is -2.11. The van der Waals surface area contributed by atoms with Gasteiger partial charge in [-0.3, -0.25) is 4.79 Å². The van der Waals surface area contributed by atoms with Gasteiger partial charge in [-0.05, 0) is 105 Å². The number of H-pyrrole nitrogens is 3. The number of hydrogen-bond acceptors (Lipinski definition) is 2. The molecule has 0 atom stereocenters. The fourth-order valence-corrected chi connectivity index (χ4v) is 8.69. The lowest BCUT2D eigenvalue weighted by Gasteiger charge is -2.07. The van der Waals surface area contributed by atoms with Gasteiger partial charge in [-0.25, -0.2) is 4.98 Å². The van der Waals surface area contributed by atoms with Crippen molar-refractivity contribution in [3.63, 3.8) is 0 Å². The first kappa shape index (κ1) is 35.4. The summed E-state index contributed by atoms with van der Waals surface area (Å²) in [6.45, 7) is 8.47. The third-order valence-corrected chi connectivity index (χ3v) is 11.8. The Hall–Kier alpha value is -6.98. The molecule has 58 heavy (non-hydrogen) atoms. The van der Waals surface area contributed by atoms with Gasteiger partial charge in [0.1, 0.15) is 0 Å². The Balaban J connectivity index is 1.46. The van der Waals surface area contributed by atoms with Crippen LogP contribution in [0.15, 0.2) is 127 Å². The maximum atomic E-state index is 13.7. The number of aromatic amines is 3. The van der Waals surface area contributed by atoms with Crippen LogP contribution in [-0.2, 0) is 4.79 Å². The second-order valence-corrected chi connectivity index (χ2v) is 16.0. The van der Waals surface area contributed by atoms with Gasteiger partial charge in [0, 0.05) is 67.2 Å². The minimum absolute atomic E-state index is 0.209. The maximum absolute atomic E-state index is 13.7. The molecule has 0 spiro atoms. The summed E-state index contributed by atoms with van der Waals surface area (Å²) in [5.41, 5.74) is 20.6. The van der Waals surface area contributed by atoms with E-state index in [-0.39, 0.29) is 5.78 Å². The van der Waals surface area contributed by atoms with Crippen LogP contribution in [0.1, 0.15) is 52.9 Å². The average molecular weight is 753 g/mol. The smallest absolute Gasteiger partial charge is 0.160 e. The number of Topliss-reactive ketones (excluding diaryl/α,β-unsaturated/α-hetero) is 1. The number of nitrogens with one attached hydrogen (secondary N) is 3. The quantitative estimate of drug-likeness (QED) is 0.167. The molecule has 5 nitrogen and oxygen atoms in total. The van der Waals surface area contributed by atoms with E-state index in [0.717, 1.165) is 113 Å². The van der Waals surface area contributed by atoms with Crippen LogP contribution < -0.4 is 5.35 Å². The highest BCUT2D eigenvalue weighted by Crippen LogP contribution is 2.38. The number of benzene rings is 4. The fourth-order valence-electron chi connectivity index (χ4n) is 8.69. The molecular formula is C53H44N4O. The van der Waals surface area contributed by atoms with Gasteiger partial charge in [-0.15, -0.1) is 0 Å². The Bertz CT molecular complexity index is 3150. The van der Waals surface area contributed by atoms with E-state index in [1.165, 1.54) is 22.3 Å². The molecular weight excluding hydrogens is 709 g/mol. The first-order valence-electron chi connectivity index (χ1n) is 20.2. The molecule has 1 fully saturated rings. The molecule has 8 aromatic rings. The monoisotopic (exact) mass is 752 g/mol. The number of aromatic nitrogens is 4. The second-order valence-electron chi connectivity index (χ2n) is 16.0. The van der Waals surface area contributed by atoms with Crippen molar-refractivity contribution in [2.45, 2.75) is 47.0 Å². The highest BCUT2D eigenvalue weighted by atomic mass is 16.1. The molecule has 1 saturated carbocycles. The van der Waals surface area contributed by atoms with Crippen LogP contribution in [-0.4, -0.2) is 25.7 Å². The molecule has 282 valence electrons. The average Bonchev–Trinajstić information content (AvgIpc) is 4.09. The normalized spacial score (nSPS) is 14.2. The summed E-state index contributed by atoms with van der Waals surface area (Å²) in [5, 5.41) is 1.89. The standard InChI is InChI=1S/C53H44N4O/c1-31-8-16-35(17-9-31)49-40-30-47(57-53(40)39-6-5-7-48(39)58)52(38-22-14-34(4)15-23-38)46-29-28-45(56-46)51(37-20-12-33(3)13-21-37)44-27-26-43(55-44)50(42-25-24-41(49)54-42)36-18-10-32(2)11-19-36/h8-30,54,56-57H,5-7H2,1-4H3/b49-40?,49-41?,50-42?,50-43?,51-44?,51-45?,52-46?,52-47?,53-39-. The van der Waals surface area contributed by atoms with Gasteiger partial charge < -0.3 is 15.0 Å². The van der Waals surface area contributed by atoms with Crippen LogP contribution in [0.5, 0.6) is 0 Å². The molecule has 0 unspecified atom stereocenters. The highest BCUT2D eigenvalue weighted by Gasteiger charge is 2.22. The first-order chi connectivity index (χ1) is 28.3. The predicted octanol–water partition coefficient (Wildman–Crippen LogP) is 12.8. The van der Waals surface area contributed by atoms with Crippen LogP contribution >= 0.6 is 0 Å². The van der Waals surface area contributed by atoms with Crippen LogP contribution in [0.25, 0.3) is 95.2 Å². The van der Waals surface area contributed by atoms with E-state index in [0.29, 0.717) is 6.42 Å². The molecule has 0 radical (unpaired) electrons. The molecule has 10 rings (SSSR count). The number of carbonyl (C=O) groups is 1. The summed E-state index contributed by atoms with van der Waals surface area (Å²) in [4.78, 5) is 30.9. The number of ketones is 1. The fraction of sp³-hybridized carbons (Fsp3) is 0.132. The summed E-state index contributed by atoms with van der Waals surface area (Å²) in [6.07, 6.45) is 6.44. The van der Waals surface area contributed by atoms with Gasteiger partial charge in [-0.2, -0.15) is 0 Å². The number of nitrogens with zero attached hydrogens (tertiary/aromatic N) is 1. The molecule has 0 amide bonds. The highest BCUT2D eigenvalue weighted by molar-refractivity contribution is 6.18. The summed E-state index contributed by atoms with van der Waals surface area (Å²) < 4.78 is 0. The molecule has 0 saturated heterocycles. The summed E-state index contributed by atoms with van der Waals surface area (Å²) in [5.74, 6) is 0.209. The van der Waals surface area contributed by atoms with Gasteiger partial charge in [0.05, 0.1) is 16.7 Å². The van der Waals surface area contributed by atoms with Crippen LogP contribution in [0.2, 0.25) is 0 Å². The molecule has 1 aliphatic carbocycles. The molecule has 1 aliphatic heterocycles. The zero-order valence-corrected chi connectivity index (χ0v) is 33.3. The second kappa shape index (κ2) is 14.2. The van der Waals surface area contributed by atoms with Crippen molar-refractivity contribution < 1.29 is 4.79 Å². The van der Waals surface area contributed by atoms with Crippen molar-refractivity contribution in [1.82, 2.24) is 19.9 Å². The molecule has 5 heteroatoms. The Morgan fingerprint density at radius 3 is 1.26 bits per heavy atom. The van der Waals surface area contributed by atoms with Crippen molar-refractivity contribution in [3.8, 4) is 44.5 Å². The topological polar surface area (TPSA) is 77.3 Å². The summed E-state index contributed by atoms with van der Waals surface area (Å²) in [7, 11) is 0. The first-order valence-corrected chi connectivity index (χ1v) is 20.2. The maximum Gasteiger partial charge on any atom is 0.160 e. The zero-order chi connectivity index (χ0) is 39.5. The molecule has 8 bridgehead atoms.